The van der Waals surface area contributed by atoms with Crippen molar-refractivity contribution in [2.45, 2.75) is 12.5 Å². The molecule has 17 heavy (non-hydrogen) atoms. The number of hydrogen-bond donors (Lipinski definition) is 2. The van der Waals surface area contributed by atoms with E-state index in [-0.39, 0.29) is 6.03 Å². The molecule has 0 aromatic rings. The molecule has 0 saturated carbocycles. The second-order valence-corrected chi connectivity index (χ2v) is 4.71. The molecular formula is C10H18N2O4S. The van der Waals surface area contributed by atoms with Crippen molar-refractivity contribution in [1.29, 1.82) is 0 Å². The van der Waals surface area contributed by atoms with E-state index in [1.54, 1.807) is 16.7 Å². The first-order valence-corrected chi connectivity index (χ1v) is 6.89. The van der Waals surface area contributed by atoms with E-state index in [9.17, 15) is 9.59 Å². The summed E-state index contributed by atoms with van der Waals surface area (Å²) in [6.45, 7) is 2.05. The molecule has 0 aromatic heterocycles. The van der Waals surface area contributed by atoms with Crippen LogP contribution in [0.25, 0.3) is 0 Å². The molecule has 1 atom stereocenters. The largest absolute Gasteiger partial charge is 0.480 e. The van der Waals surface area contributed by atoms with Crippen molar-refractivity contribution in [1.82, 2.24) is 10.2 Å². The molecule has 6 nitrogen and oxygen atoms in total. The van der Waals surface area contributed by atoms with Crippen LogP contribution in [0, 0.1) is 0 Å². The van der Waals surface area contributed by atoms with Gasteiger partial charge in [-0.3, -0.25) is 0 Å². The van der Waals surface area contributed by atoms with E-state index in [1.165, 1.54) is 0 Å². The Morgan fingerprint density at radius 1 is 1.47 bits per heavy atom. The maximum absolute atomic E-state index is 11.8. The van der Waals surface area contributed by atoms with Crippen LogP contribution in [0.2, 0.25) is 0 Å². The van der Waals surface area contributed by atoms with Crippen LogP contribution in [-0.4, -0.2) is 66.4 Å². The first-order chi connectivity index (χ1) is 8.15. The van der Waals surface area contributed by atoms with Gasteiger partial charge in [0.05, 0.1) is 13.2 Å². The number of amides is 2. The molecule has 2 N–H and O–H groups in total. The Morgan fingerprint density at radius 3 is 2.65 bits per heavy atom. The molecule has 1 saturated heterocycles. The van der Waals surface area contributed by atoms with Gasteiger partial charge in [-0.2, -0.15) is 11.8 Å². The standard InChI is InChI=1S/C10H18N2O4S/c1-17-7-2-8(9(13)14)11-10(15)12-3-5-16-6-4-12/h8H,2-7H2,1H3,(H,11,15)(H,13,14). The SMILES string of the molecule is CSCCC(NC(=O)N1CCOCC1)C(=O)O. The molecule has 1 heterocycles. The Hall–Kier alpha value is -0.950. The number of morpholine rings is 1. The van der Waals surface area contributed by atoms with Gasteiger partial charge in [0.25, 0.3) is 0 Å². The van der Waals surface area contributed by atoms with Gasteiger partial charge in [0.15, 0.2) is 0 Å². The van der Waals surface area contributed by atoms with Crippen molar-refractivity contribution in [2.75, 3.05) is 38.3 Å². The van der Waals surface area contributed by atoms with Crippen LogP contribution in [0.1, 0.15) is 6.42 Å². The van der Waals surface area contributed by atoms with Crippen LogP contribution < -0.4 is 5.32 Å². The van der Waals surface area contributed by atoms with Crippen LogP contribution in [-0.2, 0) is 9.53 Å². The summed E-state index contributed by atoms with van der Waals surface area (Å²) in [5, 5.41) is 11.5. The zero-order valence-electron chi connectivity index (χ0n) is 9.85. The number of carboxylic acids is 1. The molecule has 1 rings (SSSR count). The minimum absolute atomic E-state index is 0.318. The monoisotopic (exact) mass is 262 g/mol. The van der Waals surface area contributed by atoms with E-state index in [4.69, 9.17) is 9.84 Å². The number of urea groups is 1. The van der Waals surface area contributed by atoms with Gasteiger partial charge in [-0.05, 0) is 18.4 Å². The van der Waals surface area contributed by atoms with Gasteiger partial charge in [0.2, 0.25) is 0 Å². The number of carboxylic acid groups (broad SMARTS) is 1. The van der Waals surface area contributed by atoms with Gasteiger partial charge in [0.1, 0.15) is 6.04 Å². The van der Waals surface area contributed by atoms with Crippen LogP contribution >= 0.6 is 11.8 Å². The molecule has 0 spiro atoms. The molecule has 1 aliphatic heterocycles. The third kappa shape index (κ3) is 4.82. The number of aliphatic carboxylic acids is 1. The van der Waals surface area contributed by atoms with Crippen molar-refractivity contribution in [3.05, 3.63) is 0 Å². The van der Waals surface area contributed by atoms with E-state index in [0.29, 0.717) is 38.5 Å². The average Bonchev–Trinajstić information content (AvgIpc) is 2.35. The zero-order chi connectivity index (χ0) is 12.7. The van der Waals surface area contributed by atoms with Gasteiger partial charge < -0.3 is 20.1 Å². The number of hydrogen-bond acceptors (Lipinski definition) is 4. The molecule has 2 amide bonds. The van der Waals surface area contributed by atoms with Crippen LogP contribution in [0.4, 0.5) is 4.79 Å². The second-order valence-electron chi connectivity index (χ2n) is 3.72. The van der Waals surface area contributed by atoms with Crippen LogP contribution in [0.5, 0.6) is 0 Å². The smallest absolute Gasteiger partial charge is 0.326 e. The lowest BCUT2D eigenvalue weighted by molar-refractivity contribution is -0.139. The normalized spacial score (nSPS) is 17.6. The first kappa shape index (κ1) is 14.1. The third-order valence-corrected chi connectivity index (χ3v) is 3.15. The minimum atomic E-state index is -0.986. The predicted molar refractivity (Wildman–Crippen MR) is 65.3 cm³/mol. The van der Waals surface area contributed by atoms with Gasteiger partial charge in [-0.15, -0.1) is 0 Å². The molecule has 0 radical (unpaired) electrons. The number of carbonyl (C=O) groups is 2. The van der Waals surface area contributed by atoms with Crippen LogP contribution in [0.3, 0.4) is 0 Å². The minimum Gasteiger partial charge on any atom is -0.480 e. The van der Waals surface area contributed by atoms with Crippen molar-refractivity contribution < 1.29 is 19.4 Å². The fourth-order valence-corrected chi connectivity index (χ4v) is 1.97. The predicted octanol–water partition coefficient (Wildman–Crippen LogP) is 0.234. The number of carbonyl (C=O) groups excluding carboxylic acids is 1. The van der Waals surface area contributed by atoms with Crippen molar-refractivity contribution >= 4 is 23.8 Å². The average molecular weight is 262 g/mol. The van der Waals surface area contributed by atoms with Gasteiger partial charge in [-0.1, -0.05) is 0 Å². The summed E-state index contributed by atoms with van der Waals surface area (Å²) in [5.41, 5.74) is 0. The van der Waals surface area contributed by atoms with E-state index in [1.807, 2.05) is 6.26 Å². The van der Waals surface area contributed by atoms with Crippen LogP contribution in [0.15, 0.2) is 0 Å². The summed E-state index contributed by atoms with van der Waals surface area (Å²) in [6, 6.07) is -1.13. The second kappa shape index (κ2) is 7.39. The highest BCUT2D eigenvalue weighted by Gasteiger charge is 2.23. The number of thioether (sulfide) groups is 1. The van der Waals surface area contributed by atoms with E-state index in [0.717, 1.165) is 0 Å². The third-order valence-electron chi connectivity index (χ3n) is 2.50. The van der Waals surface area contributed by atoms with E-state index in [2.05, 4.69) is 5.32 Å². The highest BCUT2D eigenvalue weighted by atomic mass is 32.2. The molecular weight excluding hydrogens is 244 g/mol. The molecule has 0 bridgehead atoms. The Bertz CT molecular complexity index is 269. The highest BCUT2D eigenvalue weighted by molar-refractivity contribution is 7.98. The van der Waals surface area contributed by atoms with Crippen molar-refractivity contribution in [3.8, 4) is 0 Å². The van der Waals surface area contributed by atoms with Gasteiger partial charge in [-0.25, -0.2) is 9.59 Å². The van der Waals surface area contributed by atoms with Gasteiger partial charge in [0, 0.05) is 13.1 Å². The molecule has 0 aromatic carbocycles. The molecule has 1 unspecified atom stereocenters. The summed E-state index contributed by atoms with van der Waals surface area (Å²) >= 11 is 1.56. The molecule has 1 aliphatic rings. The van der Waals surface area contributed by atoms with E-state index < -0.39 is 12.0 Å². The summed E-state index contributed by atoms with van der Waals surface area (Å²) in [5.74, 6) is -0.277. The lowest BCUT2D eigenvalue weighted by Crippen LogP contribution is -2.51. The number of nitrogens with one attached hydrogen (secondary N) is 1. The number of rotatable bonds is 5. The Balaban J connectivity index is 2.42. The Kier molecular flexibility index (Phi) is 6.13. The summed E-state index contributed by atoms with van der Waals surface area (Å²) < 4.78 is 5.13. The van der Waals surface area contributed by atoms with E-state index >= 15 is 0 Å². The molecule has 0 aliphatic carbocycles. The fraction of sp³-hybridized carbons (Fsp3) is 0.800. The maximum atomic E-state index is 11.8. The molecule has 98 valence electrons. The molecule has 7 heteroatoms. The number of nitrogens with zero attached hydrogens (tertiary/aromatic N) is 1. The summed E-state index contributed by atoms with van der Waals surface area (Å²) in [6.07, 6.45) is 2.34. The Labute approximate surface area is 105 Å². The first-order valence-electron chi connectivity index (χ1n) is 5.50. The lowest BCUT2D eigenvalue weighted by Gasteiger charge is -2.28. The Morgan fingerprint density at radius 2 is 2.12 bits per heavy atom. The summed E-state index contributed by atoms with van der Waals surface area (Å²) in [7, 11) is 0. The fourth-order valence-electron chi connectivity index (χ4n) is 1.50. The summed E-state index contributed by atoms with van der Waals surface area (Å²) in [4.78, 5) is 24.3. The lowest BCUT2D eigenvalue weighted by atomic mass is 10.2. The van der Waals surface area contributed by atoms with Crippen molar-refractivity contribution in [2.24, 2.45) is 0 Å². The zero-order valence-corrected chi connectivity index (χ0v) is 10.7. The topological polar surface area (TPSA) is 78.9 Å². The maximum Gasteiger partial charge on any atom is 0.326 e. The molecule has 1 fully saturated rings. The van der Waals surface area contributed by atoms with Crippen molar-refractivity contribution in [3.63, 3.8) is 0 Å². The quantitative estimate of drug-likeness (QED) is 0.741. The highest BCUT2D eigenvalue weighted by Crippen LogP contribution is 2.03. The van der Waals surface area contributed by atoms with Gasteiger partial charge >= 0.3 is 12.0 Å². The number of ether oxygens (including phenoxy) is 1.